The van der Waals surface area contributed by atoms with Gasteiger partial charge in [-0.3, -0.25) is 4.79 Å². The van der Waals surface area contributed by atoms with Gasteiger partial charge in [-0.05, 0) is 44.9 Å². The molecule has 0 aliphatic carbocycles. The number of carbonyl (C=O) groups excluding carboxylic acids is 1. The van der Waals surface area contributed by atoms with E-state index in [0.717, 1.165) is 34.6 Å². The van der Waals surface area contributed by atoms with Gasteiger partial charge in [0.1, 0.15) is 23.4 Å². The second kappa shape index (κ2) is 7.68. The summed E-state index contributed by atoms with van der Waals surface area (Å²) in [5, 5.41) is 2.88. The van der Waals surface area contributed by atoms with E-state index in [1.807, 2.05) is 58.0 Å². The van der Waals surface area contributed by atoms with Gasteiger partial charge >= 0.3 is 0 Å². The highest BCUT2D eigenvalue weighted by Gasteiger charge is 2.22. The number of carbonyl (C=O) groups is 1. The second-order valence-corrected chi connectivity index (χ2v) is 6.58. The van der Waals surface area contributed by atoms with E-state index in [1.54, 1.807) is 0 Å². The molecule has 1 N–H and O–H groups in total. The van der Waals surface area contributed by atoms with Crippen molar-refractivity contribution in [2.45, 2.75) is 40.2 Å². The highest BCUT2D eigenvalue weighted by molar-refractivity contribution is 5.93. The van der Waals surface area contributed by atoms with Crippen LogP contribution in [0.1, 0.15) is 30.5 Å². The van der Waals surface area contributed by atoms with E-state index in [4.69, 9.17) is 14.2 Å². The minimum atomic E-state index is -0.236. The molecule has 1 atom stereocenters. The van der Waals surface area contributed by atoms with Crippen LogP contribution in [0.3, 0.4) is 0 Å². The third-order valence-corrected chi connectivity index (χ3v) is 4.33. The molecule has 1 unspecified atom stereocenters. The highest BCUT2D eigenvalue weighted by Crippen LogP contribution is 2.38. The molecule has 1 aliphatic rings. The lowest BCUT2D eigenvalue weighted by atomic mass is 10.1. The number of para-hydroxylation sites is 1. The summed E-state index contributed by atoms with van der Waals surface area (Å²) < 4.78 is 17.2. The van der Waals surface area contributed by atoms with Gasteiger partial charge in [-0.15, -0.1) is 0 Å². The van der Waals surface area contributed by atoms with Crippen molar-refractivity contribution < 1.29 is 19.0 Å². The summed E-state index contributed by atoms with van der Waals surface area (Å²) in [6, 6.07) is 9.68. The maximum Gasteiger partial charge on any atom is 0.262 e. The van der Waals surface area contributed by atoms with E-state index in [-0.39, 0.29) is 18.6 Å². The van der Waals surface area contributed by atoms with Gasteiger partial charge in [0.25, 0.3) is 5.91 Å². The van der Waals surface area contributed by atoms with E-state index in [1.165, 1.54) is 0 Å². The molecule has 0 aromatic heterocycles. The van der Waals surface area contributed by atoms with Crippen LogP contribution in [-0.2, 0) is 11.2 Å². The van der Waals surface area contributed by atoms with Gasteiger partial charge in [-0.1, -0.05) is 18.2 Å². The summed E-state index contributed by atoms with van der Waals surface area (Å²) in [6.07, 6.45) is 0.983. The Balaban J connectivity index is 1.72. The Bertz CT molecular complexity index is 796. The molecule has 0 bridgehead atoms. The zero-order chi connectivity index (χ0) is 18.7. The van der Waals surface area contributed by atoms with Crippen LogP contribution < -0.4 is 19.5 Å². The van der Waals surface area contributed by atoms with Crippen molar-refractivity contribution in [3.05, 3.63) is 47.0 Å². The fourth-order valence-electron chi connectivity index (χ4n) is 3.16. The van der Waals surface area contributed by atoms with Crippen LogP contribution in [-0.4, -0.2) is 25.2 Å². The van der Waals surface area contributed by atoms with Crippen molar-refractivity contribution in [2.75, 3.05) is 18.5 Å². The number of nitrogens with one attached hydrogen (secondary N) is 1. The van der Waals surface area contributed by atoms with Crippen molar-refractivity contribution in [3.63, 3.8) is 0 Å². The normalized spacial score (nSPS) is 15.2. The lowest BCUT2D eigenvalue weighted by Gasteiger charge is -2.15. The molecule has 138 valence electrons. The summed E-state index contributed by atoms with van der Waals surface area (Å²) in [5.74, 6) is 1.97. The molecule has 0 saturated heterocycles. The number of rotatable bonds is 6. The quantitative estimate of drug-likeness (QED) is 0.849. The molecular formula is C21H25NO4. The van der Waals surface area contributed by atoms with Crippen molar-refractivity contribution in [3.8, 4) is 17.2 Å². The molecule has 1 heterocycles. The minimum Gasteiger partial charge on any atom is -0.492 e. The first-order valence-electron chi connectivity index (χ1n) is 8.93. The van der Waals surface area contributed by atoms with Gasteiger partial charge in [0.2, 0.25) is 0 Å². The molecule has 0 radical (unpaired) electrons. The van der Waals surface area contributed by atoms with Gasteiger partial charge < -0.3 is 19.5 Å². The van der Waals surface area contributed by atoms with Crippen LogP contribution in [0.5, 0.6) is 17.2 Å². The molecular weight excluding hydrogens is 330 g/mol. The summed E-state index contributed by atoms with van der Waals surface area (Å²) >= 11 is 0. The van der Waals surface area contributed by atoms with E-state index < -0.39 is 0 Å². The Morgan fingerprint density at radius 3 is 2.65 bits per heavy atom. The van der Waals surface area contributed by atoms with E-state index in [9.17, 15) is 4.79 Å². The first-order chi connectivity index (χ1) is 12.5. The number of anilines is 1. The Morgan fingerprint density at radius 1 is 1.23 bits per heavy atom. The number of hydrogen-bond donors (Lipinski definition) is 1. The van der Waals surface area contributed by atoms with Crippen LogP contribution in [0.15, 0.2) is 30.3 Å². The molecule has 26 heavy (non-hydrogen) atoms. The van der Waals surface area contributed by atoms with Crippen LogP contribution in [0.2, 0.25) is 0 Å². The van der Waals surface area contributed by atoms with Gasteiger partial charge in [0.15, 0.2) is 6.61 Å². The van der Waals surface area contributed by atoms with E-state index in [2.05, 4.69) is 5.32 Å². The Morgan fingerprint density at radius 2 is 1.96 bits per heavy atom. The molecule has 5 nitrogen and oxygen atoms in total. The molecule has 2 aromatic carbocycles. The standard InChI is InChI=1S/C21H25NO4/c1-5-24-19-10-16-9-15(4)26-18(16)11-17(19)22-20(23)12-25-21-13(2)7-6-8-14(21)3/h6-8,10-11,15H,5,9,12H2,1-4H3,(H,22,23). The van der Waals surface area contributed by atoms with E-state index in [0.29, 0.717) is 18.0 Å². The number of ether oxygens (including phenoxy) is 3. The topological polar surface area (TPSA) is 56.8 Å². The number of aryl methyl sites for hydroxylation is 2. The van der Waals surface area contributed by atoms with Crippen LogP contribution in [0, 0.1) is 13.8 Å². The minimum absolute atomic E-state index is 0.0639. The monoisotopic (exact) mass is 355 g/mol. The molecule has 1 amide bonds. The predicted octanol–water partition coefficient (Wildman–Crippen LogP) is 4.04. The number of amides is 1. The average molecular weight is 355 g/mol. The maximum absolute atomic E-state index is 12.4. The van der Waals surface area contributed by atoms with Crippen molar-refractivity contribution in [2.24, 2.45) is 0 Å². The lowest BCUT2D eigenvalue weighted by molar-refractivity contribution is -0.118. The van der Waals surface area contributed by atoms with E-state index >= 15 is 0 Å². The zero-order valence-electron chi connectivity index (χ0n) is 15.7. The van der Waals surface area contributed by atoms with Gasteiger partial charge in [0.05, 0.1) is 12.3 Å². The third-order valence-electron chi connectivity index (χ3n) is 4.33. The summed E-state index contributed by atoms with van der Waals surface area (Å²) in [6.45, 7) is 8.33. The van der Waals surface area contributed by atoms with Crippen molar-refractivity contribution >= 4 is 11.6 Å². The molecule has 0 saturated carbocycles. The Kier molecular flexibility index (Phi) is 5.35. The average Bonchev–Trinajstić information content (AvgIpc) is 2.94. The molecule has 0 fully saturated rings. The second-order valence-electron chi connectivity index (χ2n) is 6.58. The first kappa shape index (κ1) is 18.1. The third kappa shape index (κ3) is 3.93. The van der Waals surface area contributed by atoms with Gasteiger partial charge in [-0.2, -0.15) is 0 Å². The maximum atomic E-state index is 12.4. The van der Waals surface area contributed by atoms with Crippen LogP contribution in [0.25, 0.3) is 0 Å². The lowest BCUT2D eigenvalue weighted by Crippen LogP contribution is -2.21. The predicted molar refractivity (Wildman–Crippen MR) is 101 cm³/mol. The first-order valence-corrected chi connectivity index (χ1v) is 8.93. The molecule has 5 heteroatoms. The van der Waals surface area contributed by atoms with Crippen molar-refractivity contribution in [1.82, 2.24) is 0 Å². The van der Waals surface area contributed by atoms with Crippen LogP contribution in [0.4, 0.5) is 5.69 Å². The van der Waals surface area contributed by atoms with Gasteiger partial charge in [-0.25, -0.2) is 0 Å². The number of fused-ring (bicyclic) bond motifs is 1. The molecule has 0 spiro atoms. The Hall–Kier alpha value is -2.69. The fraction of sp³-hybridized carbons (Fsp3) is 0.381. The number of hydrogen-bond acceptors (Lipinski definition) is 4. The largest absolute Gasteiger partial charge is 0.492 e. The SMILES string of the molecule is CCOc1cc2c(cc1NC(=O)COc1c(C)cccc1C)OC(C)C2. The fourth-order valence-corrected chi connectivity index (χ4v) is 3.16. The zero-order valence-corrected chi connectivity index (χ0v) is 15.7. The smallest absolute Gasteiger partial charge is 0.262 e. The van der Waals surface area contributed by atoms with Gasteiger partial charge in [0, 0.05) is 18.1 Å². The van der Waals surface area contributed by atoms with Crippen molar-refractivity contribution in [1.29, 1.82) is 0 Å². The summed E-state index contributed by atoms with van der Waals surface area (Å²) in [7, 11) is 0. The molecule has 1 aliphatic heterocycles. The molecule has 2 aromatic rings. The summed E-state index contributed by atoms with van der Waals surface area (Å²) in [5.41, 5.74) is 3.72. The Labute approximate surface area is 154 Å². The number of benzene rings is 2. The van der Waals surface area contributed by atoms with Crippen LogP contribution >= 0.6 is 0 Å². The highest BCUT2D eigenvalue weighted by atomic mass is 16.5. The summed E-state index contributed by atoms with van der Waals surface area (Å²) in [4.78, 5) is 12.4. The molecule has 3 rings (SSSR count).